The van der Waals surface area contributed by atoms with Crippen LogP contribution in [-0.2, 0) is 0 Å². The van der Waals surface area contributed by atoms with E-state index in [0.717, 1.165) is 9.79 Å². The van der Waals surface area contributed by atoms with Crippen LogP contribution in [-0.4, -0.2) is 23.8 Å². The summed E-state index contributed by atoms with van der Waals surface area (Å²) in [6.07, 6.45) is 0. The molecule has 148 valence electrons. The van der Waals surface area contributed by atoms with Crippen molar-refractivity contribution in [2.45, 2.75) is 9.79 Å². The maximum Gasteiger partial charge on any atom is 0.223 e. The Hall–Kier alpha value is -3.44. The zero-order valence-electron chi connectivity index (χ0n) is 14.7. The van der Waals surface area contributed by atoms with E-state index in [1.807, 2.05) is 48.5 Å². The number of hydrogen-bond donors (Lipinski definition) is 6. The van der Waals surface area contributed by atoms with Crippen LogP contribution in [0.5, 0.6) is 0 Å². The van der Waals surface area contributed by atoms with Gasteiger partial charge in [0.15, 0.2) is 11.9 Å². The quantitative estimate of drug-likeness (QED) is 0.308. The number of rotatable bonds is 4. The lowest BCUT2D eigenvalue weighted by Crippen LogP contribution is -2.26. The van der Waals surface area contributed by atoms with Gasteiger partial charge in [0, 0.05) is 9.79 Å². The molecule has 2 rings (SSSR count). The number of nitrogens with zero attached hydrogens (tertiary/aromatic N) is 4. The predicted molar refractivity (Wildman–Crippen MR) is 118 cm³/mol. The summed E-state index contributed by atoms with van der Waals surface area (Å²) in [4.78, 5) is 17.5. The van der Waals surface area contributed by atoms with Gasteiger partial charge in [-0.25, -0.2) is 9.98 Å². The van der Waals surface area contributed by atoms with Crippen LogP contribution in [0.1, 0.15) is 0 Å². The van der Waals surface area contributed by atoms with Crippen molar-refractivity contribution < 1.29 is 0 Å². The van der Waals surface area contributed by atoms with E-state index in [9.17, 15) is 0 Å². The Morgan fingerprint density at radius 2 is 0.893 bits per heavy atom. The van der Waals surface area contributed by atoms with Crippen LogP contribution < -0.4 is 34.4 Å². The first-order chi connectivity index (χ1) is 12.8. The minimum Gasteiger partial charge on any atom is -0.370 e. The van der Waals surface area contributed by atoms with Gasteiger partial charge in [-0.3, -0.25) is 0 Å². The standard InChI is InChI=1S/C16H20N10S.ClH/c17-13(18)25-15(21)23-9-1-5-11(6-2-9)27-12-7-3-10(4-8-12)24-16(22)26-14(19)20;/h1-8H,(H6,17,18,21,23,25)(H6,19,20,22,24,26);1H. The molecule has 12 heteroatoms. The molecular formula is C16H21ClN10S. The van der Waals surface area contributed by atoms with Gasteiger partial charge in [0.1, 0.15) is 0 Å². The number of hydrogen-bond acceptors (Lipinski definition) is 3. The second-order valence-electron chi connectivity index (χ2n) is 5.10. The number of halogens is 1. The topological polar surface area (TPSA) is 206 Å². The maximum absolute atomic E-state index is 5.60. The van der Waals surface area contributed by atoms with Crippen molar-refractivity contribution >= 4 is 59.4 Å². The third kappa shape index (κ3) is 7.85. The third-order valence-corrected chi connectivity index (χ3v) is 3.90. The Morgan fingerprint density at radius 3 is 1.18 bits per heavy atom. The molecule has 0 aliphatic carbocycles. The first-order valence-electron chi connectivity index (χ1n) is 7.57. The van der Waals surface area contributed by atoms with Crippen LogP contribution in [0.15, 0.2) is 78.3 Å². The fraction of sp³-hybridized carbons (Fsp3) is 0. The summed E-state index contributed by atoms with van der Waals surface area (Å²) in [7, 11) is 0. The second kappa shape index (κ2) is 10.6. The Kier molecular flexibility index (Phi) is 8.59. The van der Waals surface area contributed by atoms with Crippen LogP contribution in [0.4, 0.5) is 11.4 Å². The van der Waals surface area contributed by atoms with E-state index in [-0.39, 0.29) is 36.2 Å². The second-order valence-corrected chi connectivity index (χ2v) is 6.25. The molecular weight excluding hydrogens is 400 g/mol. The average Bonchev–Trinajstić information content (AvgIpc) is 2.57. The molecule has 0 heterocycles. The van der Waals surface area contributed by atoms with Crippen molar-refractivity contribution in [1.29, 1.82) is 0 Å². The molecule has 10 nitrogen and oxygen atoms in total. The number of benzene rings is 2. The zero-order valence-corrected chi connectivity index (χ0v) is 16.3. The smallest absolute Gasteiger partial charge is 0.223 e. The van der Waals surface area contributed by atoms with E-state index in [4.69, 9.17) is 34.4 Å². The molecule has 0 radical (unpaired) electrons. The van der Waals surface area contributed by atoms with Gasteiger partial charge in [-0.05, 0) is 48.5 Å². The molecule has 0 aliphatic rings. The van der Waals surface area contributed by atoms with Crippen molar-refractivity contribution in [3.63, 3.8) is 0 Å². The largest absolute Gasteiger partial charge is 0.370 e. The molecule has 0 amide bonds. The molecule has 0 aromatic heterocycles. The van der Waals surface area contributed by atoms with Gasteiger partial charge in [0.05, 0.1) is 11.4 Å². The number of guanidine groups is 4. The third-order valence-electron chi connectivity index (χ3n) is 2.88. The molecule has 28 heavy (non-hydrogen) atoms. The molecule has 0 atom stereocenters. The van der Waals surface area contributed by atoms with E-state index in [2.05, 4.69) is 20.0 Å². The molecule has 0 saturated carbocycles. The molecule has 12 N–H and O–H groups in total. The van der Waals surface area contributed by atoms with Crippen molar-refractivity contribution in [2.75, 3.05) is 0 Å². The van der Waals surface area contributed by atoms with Gasteiger partial charge in [0.2, 0.25) is 11.9 Å². The molecule has 0 bridgehead atoms. The summed E-state index contributed by atoms with van der Waals surface area (Å²) in [6, 6.07) is 14.9. The summed E-state index contributed by atoms with van der Waals surface area (Å²) in [5.41, 5.74) is 33.5. The minimum atomic E-state index is -0.142. The van der Waals surface area contributed by atoms with Gasteiger partial charge in [-0.1, -0.05) is 11.8 Å². The minimum absolute atomic E-state index is 0. The SMILES string of the molecule is Cl.NC(N)=NC(N)=Nc1ccc(Sc2ccc(N=C(N)N=C(N)N)cc2)cc1. The van der Waals surface area contributed by atoms with Crippen LogP contribution in [0.3, 0.4) is 0 Å². The van der Waals surface area contributed by atoms with Gasteiger partial charge in [-0.15, -0.1) is 12.4 Å². The zero-order chi connectivity index (χ0) is 19.8. The lowest BCUT2D eigenvalue weighted by atomic mass is 10.3. The summed E-state index contributed by atoms with van der Waals surface area (Å²) < 4.78 is 0. The predicted octanol–water partition coefficient (Wildman–Crippen LogP) is 0.699. The highest BCUT2D eigenvalue weighted by Crippen LogP contribution is 2.30. The lowest BCUT2D eigenvalue weighted by Gasteiger charge is -2.03. The van der Waals surface area contributed by atoms with E-state index in [0.29, 0.717) is 11.4 Å². The van der Waals surface area contributed by atoms with Crippen LogP contribution in [0, 0.1) is 0 Å². The molecule has 0 unspecified atom stereocenters. The molecule has 0 aliphatic heterocycles. The molecule has 2 aromatic carbocycles. The fourth-order valence-electron chi connectivity index (χ4n) is 1.89. The highest BCUT2D eigenvalue weighted by atomic mass is 35.5. The maximum atomic E-state index is 5.60. The lowest BCUT2D eigenvalue weighted by molar-refractivity contribution is 1.34. The molecule has 0 saturated heterocycles. The van der Waals surface area contributed by atoms with Gasteiger partial charge in [0.25, 0.3) is 0 Å². The highest BCUT2D eigenvalue weighted by molar-refractivity contribution is 7.99. The number of aliphatic imine (C=N–C) groups is 4. The van der Waals surface area contributed by atoms with Gasteiger partial charge in [-0.2, -0.15) is 9.98 Å². The van der Waals surface area contributed by atoms with Crippen molar-refractivity contribution in [1.82, 2.24) is 0 Å². The Labute approximate surface area is 172 Å². The van der Waals surface area contributed by atoms with E-state index < -0.39 is 0 Å². The van der Waals surface area contributed by atoms with Crippen molar-refractivity contribution in [3.05, 3.63) is 48.5 Å². The first kappa shape index (κ1) is 22.6. The van der Waals surface area contributed by atoms with Crippen LogP contribution in [0.2, 0.25) is 0 Å². The highest BCUT2D eigenvalue weighted by Gasteiger charge is 2.00. The Morgan fingerprint density at radius 1 is 0.571 bits per heavy atom. The number of nitrogens with two attached hydrogens (primary N) is 6. The molecule has 0 spiro atoms. The fourth-order valence-corrected chi connectivity index (χ4v) is 2.71. The van der Waals surface area contributed by atoms with Crippen LogP contribution >= 0.6 is 24.2 Å². The average molecular weight is 421 g/mol. The van der Waals surface area contributed by atoms with Gasteiger partial charge < -0.3 is 34.4 Å². The Balaban J connectivity index is 0.00000392. The summed E-state index contributed by atoms with van der Waals surface area (Å²) in [5.74, 6) is -0.300. The molecule has 0 fully saturated rings. The van der Waals surface area contributed by atoms with Crippen LogP contribution in [0.25, 0.3) is 0 Å². The van der Waals surface area contributed by atoms with Crippen molar-refractivity contribution in [2.24, 2.45) is 54.4 Å². The Bertz CT molecular complexity index is 821. The van der Waals surface area contributed by atoms with E-state index in [1.54, 1.807) is 11.8 Å². The summed E-state index contributed by atoms with van der Waals surface area (Å²) >= 11 is 1.57. The molecule has 2 aromatic rings. The monoisotopic (exact) mass is 420 g/mol. The van der Waals surface area contributed by atoms with E-state index >= 15 is 0 Å². The summed E-state index contributed by atoms with van der Waals surface area (Å²) in [5, 5.41) is 0. The van der Waals surface area contributed by atoms with E-state index in [1.165, 1.54) is 0 Å². The normalized spacial score (nSPS) is 11.3. The van der Waals surface area contributed by atoms with Gasteiger partial charge >= 0.3 is 0 Å². The van der Waals surface area contributed by atoms with Crippen molar-refractivity contribution in [3.8, 4) is 0 Å². The summed E-state index contributed by atoms with van der Waals surface area (Å²) in [6.45, 7) is 0. The first-order valence-corrected chi connectivity index (χ1v) is 8.39.